The molecular formula is C29H26N5O4S+. The Morgan fingerprint density at radius 3 is 2.18 bits per heavy atom. The van der Waals surface area contributed by atoms with Crippen molar-refractivity contribution in [1.29, 1.82) is 0 Å². The Morgan fingerprint density at radius 1 is 0.872 bits per heavy atom. The highest BCUT2D eigenvalue weighted by molar-refractivity contribution is 7.92. The van der Waals surface area contributed by atoms with Crippen LogP contribution in [0.15, 0.2) is 102 Å². The van der Waals surface area contributed by atoms with Crippen molar-refractivity contribution in [3.05, 3.63) is 108 Å². The molecule has 5 aromatic rings. The second kappa shape index (κ2) is 10.9. The third-order valence-corrected chi connectivity index (χ3v) is 7.30. The molecule has 0 aliphatic carbocycles. The average Bonchev–Trinajstić information content (AvgIpc) is 2.94. The first kappa shape index (κ1) is 25.8. The van der Waals surface area contributed by atoms with Crippen LogP contribution < -0.4 is 19.3 Å². The average molecular weight is 541 g/mol. The fourth-order valence-corrected chi connectivity index (χ4v) is 4.99. The number of pyridine rings is 1. The molecule has 0 fully saturated rings. The van der Waals surface area contributed by atoms with E-state index in [1.54, 1.807) is 65.5 Å². The van der Waals surface area contributed by atoms with Gasteiger partial charge in [-0.15, -0.1) is 0 Å². The van der Waals surface area contributed by atoms with Crippen LogP contribution in [0.2, 0.25) is 0 Å². The molecule has 0 atom stereocenters. The minimum Gasteiger partial charge on any atom is -0.494 e. The summed E-state index contributed by atoms with van der Waals surface area (Å²) < 4.78 is 36.1. The molecule has 0 unspecified atom stereocenters. The molecule has 0 bridgehead atoms. The Labute approximate surface area is 226 Å². The Kier molecular flexibility index (Phi) is 7.20. The standard InChI is InChI=1S/C29H25N5O4S/c1-3-38-22-12-14-23(15-13-22)39(36,37)33-27-28(32-26-11-7-6-10-25(26)31-27)34-18-16-21(17-19-34)30-29(35)24-9-5-4-8-20(24)2/h4-19H,3H2,1-2H3,(H,31,33)/p+1. The molecular weight excluding hydrogens is 514 g/mol. The Bertz CT molecular complexity index is 1760. The number of rotatable bonds is 8. The van der Waals surface area contributed by atoms with Crippen LogP contribution in [0.25, 0.3) is 16.9 Å². The molecule has 39 heavy (non-hydrogen) atoms. The van der Waals surface area contributed by atoms with Crippen molar-refractivity contribution < 1.29 is 22.5 Å². The number of nitrogens with zero attached hydrogens (tertiary/aromatic N) is 3. The largest absolute Gasteiger partial charge is 0.494 e. The monoisotopic (exact) mass is 540 g/mol. The number of nitrogens with one attached hydrogen (secondary N) is 2. The van der Waals surface area contributed by atoms with E-state index in [0.29, 0.717) is 34.6 Å². The number of benzene rings is 3. The van der Waals surface area contributed by atoms with Gasteiger partial charge in [-0.2, -0.15) is 4.57 Å². The third-order valence-electron chi connectivity index (χ3n) is 5.95. The topological polar surface area (TPSA) is 114 Å². The van der Waals surface area contributed by atoms with Crippen molar-refractivity contribution in [3.8, 4) is 11.6 Å². The van der Waals surface area contributed by atoms with Gasteiger partial charge in [0.1, 0.15) is 11.3 Å². The molecule has 2 N–H and O–H groups in total. The van der Waals surface area contributed by atoms with Crippen LogP contribution in [0.3, 0.4) is 0 Å². The summed E-state index contributed by atoms with van der Waals surface area (Å²) in [5.41, 5.74) is 3.16. The predicted molar refractivity (Wildman–Crippen MR) is 149 cm³/mol. The zero-order valence-corrected chi connectivity index (χ0v) is 22.1. The maximum Gasteiger partial charge on any atom is 0.372 e. The van der Waals surface area contributed by atoms with E-state index in [4.69, 9.17) is 4.74 Å². The molecule has 0 saturated carbocycles. The van der Waals surface area contributed by atoms with Crippen molar-refractivity contribution >= 4 is 38.5 Å². The minimum absolute atomic E-state index is 0.0595. The van der Waals surface area contributed by atoms with Crippen LogP contribution in [0, 0.1) is 6.92 Å². The number of sulfonamides is 1. The van der Waals surface area contributed by atoms with E-state index in [9.17, 15) is 13.2 Å². The minimum atomic E-state index is -3.98. The first-order valence-electron chi connectivity index (χ1n) is 12.3. The van der Waals surface area contributed by atoms with Crippen LogP contribution in [0.5, 0.6) is 5.75 Å². The zero-order chi connectivity index (χ0) is 27.4. The number of anilines is 2. The van der Waals surface area contributed by atoms with Crippen LogP contribution in [0.1, 0.15) is 22.8 Å². The smallest absolute Gasteiger partial charge is 0.372 e. The summed E-state index contributed by atoms with van der Waals surface area (Å²) in [6.45, 7) is 4.21. The molecule has 2 aromatic heterocycles. The molecule has 0 aliphatic rings. The fraction of sp³-hybridized carbons (Fsp3) is 0.103. The van der Waals surface area contributed by atoms with Gasteiger partial charge in [0.25, 0.3) is 15.9 Å². The number of hydrogen-bond donors (Lipinski definition) is 2. The maximum atomic E-state index is 13.3. The molecule has 9 nitrogen and oxygen atoms in total. The first-order chi connectivity index (χ1) is 18.8. The van der Waals surface area contributed by atoms with Crippen LogP contribution in [-0.4, -0.2) is 30.9 Å². The number of ether oxygens (including phenoxy) is 1. The Balaban J connectivity index is 1.47. The number of aromatic nitrogens is 3. The number of fused-ring (bicyclic) bond motifs is 1. The number of amides is 1. The normalized spacial score (nSPS) is 11.2. The summed E-state index contributed by atoms with van der Waals surface area (Å²) >= 11 is 0. The zero-order valence-electron chi connectivity index (χ0n) is 21.3. The lowest BCUT2D eigenvalue weighted by Gasteiger charge is -2.10. The van der Waals surface area contributed by atoms with Crippen molar-refractivity contribution in [1.82, 2.24) is 9.97 Å². The van der Waals surface area contributed by atoms with E-state index in [0.717, 1.165) is 5.56 Å². The van der Waals surface area contributed by atoms with Crippen molar-refractivity contribution in [3.63, 3.8) is 0 Å². The molecule has 0 radical (unpaired) electrons. The van der Waals surface area contributed by atoms with Gasteiger partial charge in [0.05, 0.1) is 23.9 Å². The second-order valence-electron chi connectivity index (χ2n) is 8.66. The van der Waals surface area contributed by atoms with Gasteiger partial charge in [-0.1, -0.05) is 30.3 Å². The Hall–Kier alpha value is -4.83. The summed E-state index contributed by atoms with van der Waals surface area (Å²) in [5.74, 6) is 0.692. The van der Waals surface area contributed by atoms with E-state index in [-0.39, 0.29) is 22.4 Å². The quantitative estimate of drug-likeness (QED) is 0.277. The number of hydrogen-bond acceptors (Lipinski definition) is 6. The highest BCUT2D eigenvalue weighted by Crippen LogP contribution is 2.23. The van der Waals surface area contributed by atoms with Crippen molar-refractivity contribution in [2.75, 3.05) is 16.6 Å². The van der Waals surface area contributed by atoms with E-state index in [1.807, 2.05) is 38.1 Å². The molecule has 0 saturated heterocycles. The Morgan fingerprint density at radius 2 is 1.51 bits per heavy atom. The molecule has 0 aliphatic heterocycles. The molecule has 3 aromatic carbocycles. The van der Waals surface area contributed by atoms with Crippen molar-refractivity contribution in [2.45, 2.75) is 18.7 Å². The maximum absolute atomic E-state index is 13.3. The molecule has 2 heterocycles. The van der Waals surface area contributed by atoms with Gasteiger partial charge in [0.2, 0.25) is 11.3 Å². The summed E-state index contributed by atoms with van der Waals surface area (Å²) in [4.78, 5) is 22.0. The lowest BCUT2D eigenvalue weighted by molar-refractivity contribution is -0.598. The predicted octanol–water partition coefficient (Wildman–Crippen LogP) is 4.67. The first-order valence-corrected chi connectivity index (χ1v) is 13.7. The van der Waals surface area contributed by atoms with Crippen LogP contribution in [-0.2, 0) is 10.0 Å². The van der Waals surface area contributed by atoms with Gasteiger partial charge in [-0.25, -0.2) is 13.4 Å². The molecule has 10 heteroatoms. The molecule has 5 rings (SSSR count). The van der Waals surface area contributed by atoms with E-state index in [1.165, 1.54) is 12.1 Å². The molecule has 1 amide bonds. The highest BCUT2D eigenvalue weighted by atomic mass is 32.2. The van der Waals surface area contributed by atoms with Gasteiger partial charge < -0.3 is 10.1 Å². The summed E-state index contributed by atoms with van der Waals surface area (Å²) in [6, 6.07) is 24.1. The summed E-state index contributed by atoms with van der Waals surface area (Å²) in [5, 5.41) is 2.89. The van der Waals surface area contributed by atoms with Crippen molar-refractivity contribution in [2.24, 2.45) is 0 Å². The number of para-hydroxylation sites is 2. The third kappa shape index (κ3) is 5.70. The van der Waals surface area contributed by atoms with Gasteiger partial charge in [-0.05, 0) is 66.9 Å². The summed E-state index contributed by atoms with van der Waals surface area (Å²) in [6.07, 6.45) is 3.36. The second-order valence-corrected chi connectivity index (χ2v) is 10.3. The van der Waals surface area contributed by atoms with Gasteiger partial charge in [-0.3, -0.25) is 9.52 Å². The molecule has 0 spiro atoms. The number of aryl methyl sites for hydroxylation is 1. The van der Waals surface area contributed by atoms with Gasteiger partial charge in [0.15, 0.2) is 0 Å². The van der Waals surface area contributed by atoms with Crippen LogP contribution in [0.4, 0.5) is 11.5 Å². The van der Waals surface area contributed by atoms with Gasteiger partial charge >= 0.3 is 5.82 Å². The number of carbonyl (C=O) groups is 1. The van der Waals surface area contributed by atoms with Crippen LogP contribution >= 0.6 is 0 Å². The lowest BCUT2D eigenvalue weighted by Crippen LogP contribution is -2.33. The SMILES string of the molecule is CCOc1ccc(S(=O)(=O)Nc2nc3ccccc3nc2-[n+]2ccc(NC(=O)c3ccccc3C)cc2)cc1. The van der Waals surface area contributed by atoms with E-state index in [2.05, 4.69) is 20.0 Å². The van der Waals surface area contributed by atoms with E-state index >= 15 is 0 Å². The molecule has 196 valence electrons. The van der Waals surface area contributed by atoms with Gasteiger partial charge in [0, 0.05) is 23.4 Å². The number of carbonyl (C=O) groups excluding carboxylic acids is 1. The van der Waals surface area contributed by atoms with E-state index < -0.39 is 10.0 Å². The summed E-state index contributed by atoms with van der Waals surface area (Å²) in [7, 11) is -3.98. The highest BCUT2D eigenvalue weighted by Gasteiger charge is 2.25. The fourth-order valence-electron chi connectivity index (χ4n) is 3.98. The lowest BCUT2D eigenvalue weighted by atomic mass is 10.1.